The first-order chi connectivity index (χ1) is 13.4. The van der Waals surface area contributed by atoms with Crippen molar-refractivity contribution in [3.8, 4) is 11.1 Å². The molecule has 0 amide bonds. The molecule has 0 N–H and O–H groups in total. The zero-order chi connectivity index (χ0) is 19.7. The zero-order valence-corrected chi connectivity index (χ0v) is 15.6. The number of hydrogen-bond donors (Lipinski definition) is 0. The Morgan fingerprint density at radius 3 is 2.14 bits per heavy atom. The maximum atomic E-state index is 12.1. The fourth-order valence-electron chi connectivity index (χ4n) is 3.21. The molecular weight excluding hydrogens is 360 g/mol. The average Bonchev–Trinajstić information content (AvgIpc) is 3.19. The molecular formula is C22H20O6. The van der Waals surface area contributed by atoms with Gasteiger partial charge in [0, 0.05) is 19.4 Å². The molecule has 2 aliphatic rings. The van der Waals surface area contributed by atoms with Crippen LogP contribution in [0.3, 0.4) is 0 Å². The van der Waals surface area contributed by atoms with Gasteiger partial charge in [0.1, 0.15) is 5.57 Å². The van der Waals surface area contributed by atoms with Crippen molar-refractivity contribution in [1.82, 2.24) is 0 Å². The number of ether oxygens (including phenoxy) is 4. The highest BCUT2D eigenvalue weighted by Gasteiger charge is 2.38. The zero-order valence-electron chi connectivity index (χ0n) is 15.6. The quantitative estimate of drug-likeness (QED) is 0.460. The summed E-state index contributed by atoms with van der Waals surface area (Å²) in [5.41, 5.74) is 3.52. The lowest BCUT2D eigenvalue weighted by atomic mass is 9.98. The molecule has 28 heavy (non-hydrogen) atoms. The van der Waals surface area contributed by atoms with Gasteiger partial charge in [-0.25, -0.2) is 9.59 Å². The molecule has 144 valence electrons. The Morgan fingerprint density at radius 2 is 1.50 bits per heavy atom. The van der Waals surface area contributed by atoms with Gasteiger partial charge in [-0.2, -0.15) is 0 Å². The van der Waals surface area contributed by atoms with Crippen LogP contribution in [-0.4, -0.2) is 30.9 Å². The molecule has 0 radical (unpaired) electrons. The topological polar surface area (TPSA) is 71.1 Å². The van der Waals surface area contributed by atoms with Crippen LogP contribution in [0.25, 0.3) is 17.2 Å². The van der Waals surface area contributed by atoms with E-state index in [1.54, 1.807) is 0 Å². The molecule has 0 atom stereocenters. The highest BCUT2D eigenvalue weighted by Crippen LogP contribution is 2.33. The molecule has 2 aromatic rings. The SMILES string of the molecule is CC1(C)OC(=O)C(=Cc2ccc(-c3ccccc3C3OCCO3)cc2)C(=O)O1. The number of hydrogen-bond acceptors (Lipinski definition) is 6. The van der Waals surface area contributed by atoms with Gasteiger partial charge in [-0.1, -0.05) is 48.5 Å². The standard InChI is InChI=1S/C22H20O6/c1-22(2)27-19(23)18(20(24)28-22)13-14-7-9-15(10-8-14)16-5-3-4-6-17(16)21-25-11-12-26-21/h3-10,13,21H,11-12H2,1-2H3. The van der Waals surface area contributed by atoms with Gasteiger partial charge in [0.05, 0.1) is 13.2 Å². The molecule has 0 aliphatic carbocycles. The minimum absolute atomic E-state index is 0.125. The first kappa shape index (κ1) is 18.4. The molecule has 2 saturated heterocycles. The van der Waals surface area contributed by atoms with Gasteiger partial charge in [-0.15, -0.1) is 0 Å². The molecule has 0 saturated carbocycles. The van der Waals surface area contributed by atoms with Crippen LogP contribution in [0.1, 0.15) is 31.3 Å². The Bertz CT molecular complexity index is 914. The number of carbonyl (C=O) groups is 2. The fraction of sp³-hybridized carbons (Fsp3) is 0.273. The molecule has 2 aromatic carbocycles. The summed E-state index contributed by atoms with van der Waals surface area (Å²) in [6.07, 6.45) is 1.10. The second kappa shape index (κ2) is 7.22. The first-order valence-electron chi connectivity index (χ1n) is 9.04. The molecule has 0 spiro atoms. The fourth-order valence-corrected chi connectivity index (χ4v) is 3.21. The van der Waals surface area contributed by atoms with Crippen LogP contribution in [0.15, 0.2) is 54.1 Å². The van der Waals surface area contributed by atoms with E-state index in [1.807, 2.05) is 48.5 Å². The van der Waals surface area contributed by atoms with Crippen LogP contribution in [0.2, 0.25) is 0 Å². The third-order valence-electron chi connectivity index (χ3n) is 4.49. The average molecular weight is 380 g/mol. The van der Waals surface area contributed by atoms with Gasteiger partial charge in [0.15, 0.2) is 6.29 Å². The van der Waals surface area contributed by atoms with Crippen molar-refractivity contribution in [3.63, 3.8) is 0 Å². The molecule has 2 aliphatic heterocycles. The van der Waals surface area contributed by atoms with Crippen LogP contribution in [-0.2, 0) is 28.5 Å². The van der Waals surface area contributed by atoms with E-state index in [-0.39, 0.29) is 11.9 Å². The molecule has 2 fully saturated rings. The summed E-state index contributed by atoms with van der Waals surface area (Å²) in [5, 5.41) is 0. The Labute approximate surface area is 162 Å². The largest absolute Gasteiger partial charge is 0.419 e. The van der Waals surface area contributed by atoms with E-state index in [4.69, 9.17) is 18.9 Å². The Kier molecular flexibility index (Phi) is 4.75. The summed E-state index contributed by atoms with van der Waals surface area (Å²) < 4.78 is 21.5. The van der Waals surface area contributed by atoms with E-state index in [0.717, 1.165) is 16.7 Å². The van der Waals surface area contributed by atoms with Crippen molar-refractivity contribution in [3.05, 3.63) is 65.2 Å². The van der Waals surface area contributed by atoms with Crippen LogP contribution in [0, 0.1) is 0 Å². The predicted octanol–water partition coefficient (Wildman–Crippen LogP) is 3.62. The Morgan fingerprint density at radius 1 is 0.893 bits per heavy atom. The van der Waals surface area contributed by atoms with Crippen molar-refractivity contribution in [2.45, 2.75) is 25.9 Å². The maximum Gasteiger partial charge on any atom is 0.348 e. The van der Waals surface area contributed by atoms with Gasteiger partial charge in [0.25, 0.3) is 5.79 Å². The smallest absolute Gasteiger partial charge is 0.348 e. The number of esters is 2. The molecule has 0 aromatic heterocycles. The molecule has 6 nitrogen and oxygen atoms in total. The van der Waals surface area contributed by atoms with E-state index >= 15 is 0 Å². The number of cyclic esters (lactones) is 2. The highest BCUT2D eigenvalue weighted by molar-refractivity contribution is 6.18. The number of benzene rings is 2. The monoisotopic (exact) mass is 380 g/mol. The number of carbonyl (C=O) groups excluding carboxylic acids is 2. The van der Waals surface area contributed by atoms with Crippen LogP contribution in [0.4, 0.5) is 0 Å². The van der Waals surface area contributed by atoms with Crippen molar-refractivity contribution < 1.29 is 28.5 Å². The molecule has 2 heterocycles. The second-order valence-corrected chi connectivity index (χ2v) is 7.02. The maximum absolute atomic E-state index is 12.1. The summed E-state index contributed by atoms with van der Waals surface area (Å²) >= 11 is 0. The van der Waals surface area contributed by atoms with Gasteiger partial charge < -0.3 is 18.9 Å². The normalized spacial score (nSPS) is 19.3. The Hall–Kier alpha value is -2.96. The van der Waals surface area contributed by atoms with Crippen LogP contribution >= 0.6 is 0 Å². The highest BCUT2D eigenvalue weighted by atomic mass is 16.7. The first-order valence-corrected chi connectivity index (χ1v) is 9.04. The summed E-state index contributed by atoms with van der Waals surface area (Å²) in [7, 11) is 0. The van der Waals surface area contributed by atoms with Gasteiger partial charge in [-0.3, -0.25) is 0 Å². The number of rotatable bonds is 3. The van der Waals surface area contributed by atoms with E-state index in [9.17, 15) is 9.59 Å². The van der Waals surface area contributed by atoms with Gasteiger partial charge in [0.2, 0.25) is 0 Å². The summed E-state index contributed by atoms with van der Waals surface area (Å²) in [4.78, 5) is 24.2. The minimum Gasteiger partial charge on any atom is -0.419 e. The van der Waals surface area contributed by atoms with E-state index in [2.05, 4.69) is 0 Å². The lowest BCUT2D eigenvalue weighted by Crippen LogP contribution is -2.41. The Balaban J connectivity index is 1.60. The van der Waals surface area contributed by atoms with E-state index < -0.39 is 17.7 Å². The van der Waals surface area contributed by atoms with Gasteiger partial charge in [-0.05, 0) is 22.8 Å². The summed E-state index contributed by atoms with van der Waals surface area (Å²) in [6.45, 7) is 4.19. The molecule has 4 rings (SSSR count). The van der Waals surface area contributed by atoms with Crippen molar-refractivity contribution in [2.24, 2.45) is 0 Å². The van der Waals surface area contributed by atoms with Crippen LogP contribution in [0.5, 0.6) is 0 Å². The predicted molar refractivity (Wildman–Crippen MR) is 101 cm³/mol. The van der Waals surface area contributed by atoms with Crippen molar-refractivity contribution in [1.29, 1.82) is 0 Å². The van der Waals surface area contributed by atoms with Crippen molar-refractivity contribution in [2.75, 3.05) is 13.2 Å². The second-order valence-electron chi connectivity index (χ2n) is 7.02. The lowest BCUT2D eigenvalue weighted by Gasteiger charge is -2.29. The summed E-state index contributed by atoms with van der Waals surface area (Å²) in [6, 6.07) is 15.4. The van der Waals surface area contributed by atoms with Gasteiger partial charge >= 0.3 is 11.9 Å². The summed E-state index contributed by atoms with van der Waals surface area (Å²) in [5.74, 6) is -2.62. The van der Waals surface area contributed by atoms with Crippen molar-refractivity contribution >= 4 is 18.0 Å². The third-order valence-corrected chi connectivity index (χ3v) is 4.49. The lowest BCUT2D eigenvalue weighted by molar-refractivity contribution is -0.222. The molecule has 0 unspecified atom stereocenters. The third kappa shape index (κ3) is 3.69. The minimum atomic E-state index is -1.25. The molecule has 6 heteroatoms. The van der Waals surface area contributed by atoms with E-state index in [1.165, 1.54) is 19.9 Å². The van der Waals surface area contributed by atoms with Crippen LogP contribution < -0.4 is 0 Å². The molecule has 0 bridgehead atoms. The van der Waals surface area contributed by atoms with E-state index in [0.29, 0.717) is 18.8 Å².